The zero-order valence-electron chi connectivity index (χ0n) is 8.75. The van der Waals surface area contributed by atoms with Crippen LogP contribution in [0.15, 0.2) is 35.5 Å². The number of hydrogen-bond donors (Lipinski definition) is 0. The number of hydrogen-bond acceptors (Lipinski definition) is 5. The number of alkyl halides is 1. The predicted molar refractivity (Wildman–Crippen MR) is 65.2 cm³/mol. The Morgan fingerprint density at radius 3 is 2.82 bits per heavy atom. The summed E-state index contributed by atoms with van der Waals surface area (Å²) in [5.41, 5.74) is 1.22. The third-order valence-electron chi connectivity index (χ3n) is 2.10. The first-order valence-corrected chi connectivity index (χ1v) is 6.33. The van der Waals surface area contributed by atoms with Gasteiger partial charge >= 0.3 is 5.97 Å². The van der Waals surface area contributed by atoms with Crippen LogP contribution in [0.5, 0.6) is 0 Å². The summed E-state index contributed by atoms with van der Waals surface area (Å²) in [5.74, 6) is -0.252. The van der Waals surface area contributed by atoms with Crippen molar-refractivity contribution in [3.8, 4) is 0 Å². The standard InChI is InChI=1S/C11H9ClN2O2S/c12-3-10(8-1-2-17-6-8)16-11(15)9-4-13-7-14-5-9/h1-2,4-7,10H,3H2. The number of thiophene rings is 1. The predicted octanol–water partition coefficient (Wildman–Crippen LogP) is 2.68. The van der Waals surface area contributed by atoms with Crippen LogP contribution >= 0.6 is 22.9 Å². The van der Waals surface area contributed by atoms with Gasteiger partial charge in [0.15, 0.2) is 0 Å². The van der Waals surface area contributed by atoms with E-state index < -0.39 is 12.1 Å². The fourth-order valence-electron chi connectivity index (χ4n) is 1.25. The fraction of sp³-hybridized carbons (Fsp3) is 0.182. The molecule has 0 aliphatic rings. The Morgan fingerprint density at radius 2 is 2.24 bits per heavy atom. The average Bonchev–Trinajstić information content (AvgIpc) is 2.90. The van der Waals surface area contributed by atoms with Crippen LogP contribution in [0.1, 0.15) is 22.0 Å². The van der Waals surface area contributed by atoms with Crippen molar-refractivity contribution in [2.45, 2.75) is 6.10 Å². The Kier molecular flexibility index (Phi) is 4.06. The third kappa shape index (κ3) is 3.01. The molecule has 4 nitrogen and oxygen atoms in total. The van der Waals surface area contributed by atoms with Gasteiger partial charge in [0.1, 0.15) is 12.4 Å². The highest BCUT2D eigenvalue weighted by Gasteiger charge is 2.17. The lowest BCUT2D eigenvalue weighted by Crippen LogP contribution is -2.12. The molecule has 0 amide bonds. The van der Waals surface area contributed by atoms with Crippen molar-refractivity contribution in [2.24, 2.45) is 0 Å². The van der Waals surface area contributed by atoms with Crippen molar-refractivity contribution in [2.75, 3.05) is 5.88 Å². The van der Waals surface area contributed by atoms with Gasteiger partial charge in [-0.05, 0) is 16.8 Å². The van der Waals surface area contributed by atoms with E-state index in [2.05, 4.69) is 9.97 Å². The molecule has 2 rings (SSSR count). The Bertz CT molecular complexity index is 475. The van der Waals surface area contributed by atoms with Crippen LogP contribution in [0.4, 0.5) is 0 Å². The number of halogens is 1. The first kappa shape index (κ1) is 12.0. The second-order valence-corrected chi connectivity index (χ2v) is 4.32. The van der Waals surface area contributed by atoms with Gasteiger partial charge < -0.3 is 4.74 Å². The van der Waals surface area contributed by atoms with E-state index in [1.165, 1.54) is 30.1 Å². The molecule has 1 unspecified atom stereocenters. The molecule has 0 radical (unpaired) electrons. The summed E-state index contributed by atoms with van der Waals surface area (Å²) in [4.78, 5) is 19.3. The van der Waals surface area contributed by atoms with Gasteiger partial charge in [-0.25, -0.2) is 14.8 Å². The first-order chi connectivity index (χ1) is 8.31. The molecule has 6 heteroatoms. The lowest BCUT2D eigenvalue weighted by Gasteiger charge is -2.13. The van der Waals surface area contributed by atoms with Crippen LogP contribution in [-0.4, -0.2) is 21.8 Å². The molecule has 2 aromatic heterocycles. The molecular formula is C11H9ClN2O2S. The van der Waals surface area contributed by atoms with E-state index in [9.17, 15) is 4.79 Å². The molecule has 0 aliphatic heterocycles. The summed E-state index contributed by atoms with van der Waals surface area (Å²) < 4.78 is 5.29. The van der Waals surface area contributed by atoms with E-state index in [1.54, 1.807) is 0 Å². The Morgan fingerprint density at radius 1 is 1.47 bits per heavy atom. The summed E-state index contributed by atoms with van der Waals surface area (Å²) >= 11 is 7.32. The molecule has 1 atom stereocenters. The first-order valence-electron chi connectivity index (χ1n) is 4.85. The van der Waals surface area contributed by atoms with Gasteiger partial charge in [-0.2, -0.15) is 11.3 Å². The molecular weight excluding hydrogens is 260 g/mol. The topological polar surface area (TPSA) is 52.1 Å². The normalized spacial score (nSPS) is 12.1. The van der Waals surface area contributed by atoms with Gasteiger partial charge in [-0.1, -0.05) is 0 Å². The number of ether oxygens (including phenoxy) is 1. The van der Waals surface area contributed by atoms with E-state index in [4.69, 9.17) is 16.3 Å². The maximum atomic E-state index is 11.8. The van der Waals surface area contributed by atoms with Crippen molar-refractivity contribution in [3.05, 3.63) is 46.7 Å². The highest BCUT2D eigenvalue weighted by molar-refractivity contribution is 7.08. The van der Waals surface area contributed by atoms with Crippen molar-refractivity contribution in [1.29, 1.82) is 0 Å². The van der Waals surface area contributed by atoms with E-state index in [0.717, 1.165) is 5.56 Å². The Labute approximate surface area is 107 Å². The molecule has 17 heavy (non-hydrogen) atoms. The number of nitrogens with zero attached hydrogens (tertiary/aromatic N) is 2. The minimum absolute atomic E-state index is 0.218. The highest BCUT2D eigenvalue weighted by Crippen LogP contribution is 2.22. The number of rotatable bonds is 4. The highest BCUT2D eigenvalue weighted by atomic mass is 35.5. The minimum atomic E-state index is -0.470. The molecule has 0 spiro atoms. The van der Waals surface area contributed by atoms with Crippen molar-refractivity contribution < 1.29 is 9.53 Å². The molecule has 2 aromatic rings. The molecule has 0 N–H and O–H groups in total. The Balaban J connectivity index is 2.08. The summed E-state index contributed by atoms with van der Waals surface area (Å²) in [5, 5.41) is 3.82. The second-order valence-electron chi connectivity index (χ2n) is 3.23. The van der Waals surface area contributed by atoms with Crippen LogP contribution in [0.25, 0.3) is 0 Å². The SMILES string of the molecule is O=C(OC(CCl)c1ccsc1)c1cncnc1. The van der Waals surface area contributed by atoms with Crippen LogP contribution in [0.3, 0.4) is 0 Å². The lowest BCUT2D eigenvalue weighted by atomic mass is 10.2. The van der Waals surface area contributed by atoms with Gasteiger partial charge in [0.2, 0.25) is 0 Å². The van der Waals surface area contributed by atoms with Gasteiger partial charge in [0.05, 0.1) is 11.4 Å². The molecule has 2 heterocycles. The van der Waals surface area contributed by atoms with Gasteiger partial charge in [0, 0.05) is 18.0 Å². The molecule has 88 valence electrons. The number of aromatic nitrogens is 2. The minimum Gasteiger partial charge on any atom is -0.453 e. The fourth-order valence-corrected chi connectivity index (χ4v) is 2.19. The zero-order chi connectivity index (χ0) is 12.1. The van der Waals surface area contributed by atoms with Crippen molar-refractivity contribution in [3.63, 3.8) is 0 Å². The van der Waals surface area contributed by atoms with E-state index >= 15 is 0 Å². The molecule has 0 saturated heterocycles. The third-order valence-corrected chi connectivity index (χ3v) is 3.08. The Hall–Kier alpha value is -1.46. The van der Waals surface area contributed by atoms with E-state index in [0.29, 0.717) is 5.56 Å². The van der Waals surface area contributed by atoms with E-state index in [1.807, 2.05) is 16.8 Å². The maximum Gasteiger partial charge on any atom is 0.341 e. The van der Waals surface area contributed by atoms with Crippen LogP contribution in [0.2, 0.25) is 0 Å². The largest absolute Gasteiger partial charge is 0.453 e. The lowest BCUT2D eigenvalue weighted by molar-refractivity contribution is 0.0344. The quantitative estimate of drug-likeness (QED) is 0.632. The summed E-state index contributed by atoms with van der Waals surface area (Å²) in [6.45, 7) is 0. The molecule has 0 aliphatic carbocycles. The van der Waals surface area contributed by atoms with E-state index in [-0.39, 0.29) is 5.88 Å². The molecule has 0 bridgehead atoms. The zero-order valence-corrected chi connectivity index (χ0v) is 10.3. The van der Waals surface area contributed by atoms with Crippen LogP contribution in [0, 0.1) is 0 Å². The summed E-state index contributed by atoms with van der Waals surface area (Å²) in [6, 6.07) is 1.88. The molecule has 0 saturated carbocycles. The maximum absolute atomic E-state index is 11.8. The second kappa shape index (κ2) is 5.75. The smallest absolute Gasteiger partial charge is 0.341 e. The number of carbonyl (C=O) groups excluding carboxylic acids is 1. The summed E-state index contributed by atoms with van der Waals surface area (Å²) in [6.07, 6.45) is 3.74. The van der Waals surface area contributed by atoms with Crippen LogP contribution < -0.4 is 0 Å². The average molecular weight is 269 g/mol. The number of esters is 1. The van der Waals surface area contributed by atoms with Crippen LogP contribution in [-0.2, 0) is 4.74 Å². The molecule has 0 fully saturated rings. The van der Waals surface area contributed by atoms with Gasteiger partial charge in [-0.15, -0.1) is 11.6 Å². The van der Waals surface area contributed by atoms with Gasteiger partial charge in [-0.3, -0.25) is 0 Å². The van der Waals surface area contributed by atoms with Crippen molar-refractivity contribution in [1.82, 2.24) is 9.97 Å². The number of carbonyl (C=O) groups is 1. The van der Waals surface area contributed by atoms with Gasteiger partial charge in [0.25, 0.3) is 0 Å². The van der Waals surface area contributed by atoms with Crippen molar-refractivity contribution >= 4 is 28.9 Å². The molecule has 0 aromatic carbocycles. The monoisotopic (exact) mass is 268 g/mol. The summed E-state index contributed by atoms with van der Waals surface area (Å²) in [7, 11) is 0.